The first kappa shape index (κ1) is 10.4. The second kappa shape index (κ2) is 3.99. The van der Waals surface area contributed by atoms with Crippen LogP contribution in [-0.2, 0) is 0 Å². The maximum absolute atomic E-state index is 13.0. The van der Waals surface area contributed by atoms with Gasteiger partial charge >= 0.3 is 0 Å². The Morgan fingerprint density at radius 2 is 2.21 bits per heavy atom. The molecule has 3 nitrogen and oxygen atoms in total. The summed E-state index contributed by atoms with van der Waals surface area (Å²) in [4.78, 5) is 21.1. The van der Waals surface area contributed by atoms with Crippen LogP contribution >= 0.6 is 11.6 Å². The molecule has 1 rings (SSSR count). The standard InChI is InChI=1S/C9H3ClFNO2/c10-9(14)7-1-6(4-13)5(3-12)2-8(7)11/h1-2,4H. The lowest BCUT2D eigenvalue weighted by molar-refractivity contribution is 0.107. The molecule has 1 aromatic carbocycles. The molecule has 0 radical (unpaired) electrons. The quantitative estimate of drug-likeness (QED) is 0.554. The highest BCUT2D eigenvalue weighted by molar-refractivity contribution is 6.67. The highest BCUT2D eigenvalue weighted by atomic mass is 35.5. The maximum atomic E-state index is 13.0. The molecule has 5 heteroatoms. The Bertz CT molecular complexity index is 450. The zero-order chi connectivity index (χ0) is 10.7. The summed E-state index contributed by atoms with van der Waals surface area (Å²) in [5.41, 5.74) is -0.593. The van der Waals surface area contributed by atoms with Crippen molar-refractivity contribution in [2.45, 2.75) is 0 Å². The van der Waals surface area contributed by atoms with Crippen LogP contribution in [0.2, 0.25) is 0 Å². The van der Waals surface area contributed by atoms with Crippen molar-refractivity contribution in [2.24, 2.45) is 0 Å². The van der Waals surface area contributed by atoms with Crippen molar-refractivity contribution in [1.82, 2.24) is 0 Å². The first-order valence-corrected chi connectivity index (χ1v) is 3.86. The molecule has 0 unspecified atom stereocenters. The van der Waals surface area contributed by atoms with Crippen LogP contribution in [0.1, 0.15) is 26.3 Å². The summed E-state index contributed by atoms with van der Waals surface area (Å²) in [5, 5.41) is 7.51. The number of nitriles is 1. The van der Waals surface area contributed by atoms with E-state index in [0.29, 0.717) is 6.29 Å². The minimum atomic E-state index is -1.00. The summed E-state index contributed by atoms with van der Waals surface area (Å²) in [7, 11) is 0. The van der Waals surface area contributed by atoms with Crippen LogP contribution in [0, 0.1) is 17.1 Å². The van der Waals surface area contributed by atoms with Gasteiger partial charge in [0, 0.05) is 5.56 Å². The summed E-state index contributed by atoms with van der Waals surface area (Å²) >= 11 is 5.06. The average Bonchev–Trinajstić information content (AvgIpc) is 2.16. The summed E-state index contributed by atoms with van der Waals surface area (Å²) in [6, 6.07) is 3.39. The van der Waals surface area contributed by atoms with Crippen molar-refractivity contribution in [1.29, 1.82) is 5.26 Å². The molecule has 14 heavy (non-hydrogen) atoms. The van der Waals surface area contributed by atoms with Gasteiger partial charge in [-0.15, -0.1) is 0 Å². The van der Waals surface area contributed by atoms with Crippen LogP contribution in [0.25, 0.3) is 0 Å². The van der Waals surface area contributed by atoms with E-state index in [1.54, 1.807) is 6.07 Å². The molecule has 0 heterocycles. The highest BCUT2D eigenvalue weighted by Gasteiger charge is 2.13. The van der Waals surface area contributed by atoms with E-state index in [-0.39, 0.29) is 11.1 Å². The normalized spacial score (nSPS) is 9.21. The number of hydrogen-bond acceptors (Lipinski definition) is 3. The van der Waals surface area contributed by atoms with Gasteiger partial charge in [-0.25, -0.2) is 4.39 Å². The summed E-state index contributed by atoms with van der Waals surface area (Å²) in [5.74, 6) is -0.910. The molecule has 0 fully saturated rings. The third-order valence-electron chi connectivity index (χ3n) is 1.60. The number of nitrogens with zero attached hydrogens (tertiary/aromatic N) is 1. The van der Waals surface area contributed by atoms with E-state index in [1.165, 1.54) is 0 Å². The number of aldehydes is 1. The van der Waals surface area contributed by atoms with E-state index in [0.717, 1.165) is 12.1 Å². The van der Waals surface area contributed by atoms with Crippen LogP contribution in [-0.4, -0.2) is 11.5 Å². The maximum Gasteiger partial charge on any atom is 0.255 e. The van der Waals surface area contributed by atoms with Crippen LogP contribution in [0.15, 0.2) is 12.1 Å². The molecule has 0 aromatic heterocycles. The molecule has 0 spiro atoms. The molecule has 0 N–H and O–H groups in total. The van der Waals surface area contributed by atoms with E-state index in [9.17, 15) is 14.0 Å². The zero-order valence-electron chi connectivity index (χ0n) is 6.75. The third kappa shape index (κ3) is 1.78. The smallest absolute Gasteiger partial charge is 0.255 e. The van der Waals surface area contributed by atoms with Crippen molar-refractivity contribution in [2.75, 3.05) is 0 Å². The number of benzene rings is 1. The molecule has 1 aromatic rings. The Balaban J connectivity index is 3.47. The predicted octanol–water partition coefficient (Wildman–Crippen LogP) is 1.89. The first-order valence-electron chi connectivity index (χ1n) is 3.48. The summed E-state index contributed by atoms with van der Waals surface area (Å²) < 4.78 is 13.0. The molecule has 0 atom stereocenters. The Morgan fingerprint density at radius 3 is 2.64 bits per heavy atom. The molecular formula is C9H3ClFNO2. The van der Waals surface area contributed by atoms with E-state index in [2.05, 4.69) is 0 Å². The van der Waals surface area contributed by atoms with Crippen molar-refractivity contribution >= 4 is 23.1 Å². The monoisotopic (exact) mass is 211 g/mol. The molecule has 0 saturated heterocycles. The van der Waals surface area contributed by atoms with Crippen LogP contribution < -0.4 is 0 Å². The number of carbonyl (C=O) groups excluding carboxylic acids is 2. The zero-order valence-corrected chi connectivity index (χ0v) is 7.51. The molecular weight excluding hydrogens is 209 g/mol. The van der Waals surface area contributed by atoms with Gasteiger partial charge in [0.1, 0.15) is 5.82 Å². The predicted molar refractivity (Wildman–Crippen MR) is 46.7 cm³/mol. The van der Waals surface area contributed by atoms with Crippen LogP contribution in [0.5, 0.6) is 0 Å². The SMILES string of the molecule is N#Cc1cc(F)c(C(=O)Cl)cc1C=O. The minimum Gasteiger partial charge on any atom is -0.298 e. The number of halogens is 2. The topological polar surface area (TPSA) is 57.9 Å². The van der Waals surface area contributed by atoms with E-state index in [4.69, 9.17) is 16.9 Å². The van der Waals surface area contributed by atoms with E-state index >= 15 is 0 Å². The van der Waals surface area contributed by atoms with Crippen LogP contribution in [0.3, 0.4) is 0 Å². The van der Waals surface area contributed by atoms with Gasteiger partial charge in [-0.3, -0.25) is 9.59 Å². The lowest BCUT2D eigenvalue weighted by Crippen LogP contribution is -1.99. The van der Waals surface area contributed by atoms with Crippen molar-refractivity contribution in [3.8, 4) is 6.07 Å². The van der Waals surface area contributed by atoms with E-state index < -0.39 is 16.6 Å². The summed E-state index contributed by atoms with van der Waals surface area (Å²) in [6.07, 6.45) is 0.362. The Labute approximate surface area is 83.7 Å². The fraction of sp³-hybridized carbons (Fsp3) is 0. The molecule has 0 amide bonds. The lowest BCUT2D eigenvalue weighted by atomic mass is 10.1. The van der Waals surface area contributed by atoms with Gasteiger partial charge in [0.25, 0.3) is 5.24 Å². The molecule has 0 aliphatic rings. The van der Waals surface area contributed by atoms with Gasteiger partial charge in [-0.05, 0) is 23.7 Å². The molecule has 0 bridgehead atoms. The first-order chi connectivity index (χ1) is 6.60. The van der Waals surface area contributed by atoms with Crippen LogP contribution in [0.4, 0.5) is 4.39 Å². The Hall–Kier alpha value is -1.73. The average molecular weight is 212 g/mol. The highest BCUT2D eigenvalue weighted by Crippen LogP contribution is 2.16. The van der Waals surface area contributed by atoms with Gasteiger partial charge in [0.2, 0.25) is 0 Å². The molecule has 70 valence electrons. The number of rotatable bonds is 2. The lowest BCUT2D eigenvalue weighted by Gasteiger charge is -2.00. The Kier molecular flexibility index (Phi) is 2.95. The molecule has 0 aliphatic heterocycles. The van der Waals surface area contributed by atoms with Gasteiger partial charge in [-0.1, -0.05) is 0 Å². The number of carbonyl (C=O) groups is 2. The Morgan fingerprint density at radius 1 is 1.57 bits per heavy atom. The van der Waals surface area contributed by atoms with Crippen molar-refractivity contribution in [3.63, 3.8) is 0 Å². The van der Waals surface area contributed by atoms with Crippen molar-refractivity contribution < 1.29 is 14.0 Å². The largest absolute Gasteiger partial charge is 0.298 e. The van der Waals surface area contributed by atoms with E-state index in [1.807, 2.05) is 0 Å². The summed E-state index contributed by atoms with van der Waals surface area (Å²) in [6.45, 7) is 0. The van der Waals surface area contributed by atoms with Gasteiger partial charge in [-0.2, -0.15) is 5.26 Å². The second-order valence-corrected chi connectivity index (χ2v) is 2.77. The molecule has 0 aliphatic carbocycles. The van der Waals surface area contributed by atoms with Gasteiger partial charge in [0.05, 0.1) is 17.2 Å². The molecule has 0 saturated carbocycles. The number of hydrogen-bond donors (Lipinski definition) is 0. The van der Waals surface area contributed by atoms with Crippen molar-refractivity contribution in [3.05, 3.63) is 34.6 Å². The third-order valence-corrected chi connectivity index (χ3v) is 1.80. The minimum absolute atomic E-state index is 0.0575. The fourth-order valence-electron chi connectivity index (χ4n) is 0.935. The van der Waals surface area contributed by atoms with Gasteiger partial charge in [0.15, 0.2) is 6.29 Å². The second-order valence-electron chi connectivity index (χ2n) is 2.42. The van der Waals surface area contributed by atoms with Gasteiger partial charge < -0.3 is 0 Å². The fourth-order valence-corrected chi connectivity index (χ4v) is 1.08.